The number of aryl methyl sites for hydroxylation is 1. The van der Waals surface area contributed by atoms with Crippen molar-refractivity contribution >= 4 is 38.0 Å². The predicted octanol–water partition coefficient (Wildman–Crippen LogP) is 3.47. The molecule has 1 aliphatic rings. The topological polar surface area (TPSA) is 83.6 Å². The van der Waals surface area contributed by atoms with Crippen LogP contribution in [0.2, 0.25) is 0 Å². The highest BCUT2D eigenvalue weighted by Gasteiger charge is 2.35. The number of anilines is 1. The fourth-order valence-corrected chi connectivity index (χ4v) is 5.74. The highest BCUT2D eigenvalue weighted by atomic mass is 32.2. The van der Waals surface area contributed by atoms with Crippen LogP contribution < -0.4 is 5.32 Å². The second kappa shape index (κ2) is 8.31. The zero-order chi connectivity index (χ0) is 20.4. The van der Waals surface area contributed by atoms with Crippen molar-refractivity contribution in [3.05, 3.63) is 16.5 Å². The first-order valence-corrected chi connectivity index (χ1v) is 12.0. The molecule has 0 bridgehead atoms. The number of rotatable bonds is 6. The molecule has 0 aliphatic carbocycles. The van der Waals surface area contributed by atoms with Crippen LogP contribution in [0.25, 0.3) is 0 Å². The van der Waals surface area contributed by atoms with Gasteiger partial charge in [0.1, 0.15) is 0 Å². The third-order valence-electron chi connectivity index (χ3n) is 4.69. The molecule has 8 heteroatoms. The smallest absolute Gasteiger partial charge is 0.264 e. The van der Waals surface area contributed by atoms with E-state index in [1.54, 1.807) is 4.90 Å². The maximum Gasteiger partial charge on any atom is 0.264 e. The minimum absolute atomic E-state index is 0.0422. The Morgan fingerprint density at radius 2 is 2.00 bits per heavy atom. The van der Waals surface area contributed by atoms with E-state index in [0.29, 0.717) is 22.8 Å². The lowest BCUT2D eigenvalue weighted by Crippen LogP contribution is -2.41. The van der Waals surface area contributed by atoms with Gasteiger partial charge in [-0.1, -0.05) is 34.1 Å². The van der Waals surface area contributed by atoms with Crippen LogP contribution >= 0.6 is 11.3 Å². The van der Waals surface area contributed by atoms with Crippen molar-refractivity contribution in [1.82, 2.24) is 4.90 Å². The van der Waals surface area contributed by atoms with Crippen molar-refractivity contribution in [3.63, 3.8) is 0 Å². The number of amides is 2. The first kappa shape index (κ1) is 21.9. The van der Waals surface area contributed by atoms with Gasteiger partial charge in [0.2, 0.25) is 5.91 Å². The molecule has 1 aliphatic heterocycles. The summed E-state index contributed by atoms with van der Waals surface area (Å²) in [4.78, 5) is 27.7. The van der Waals surface area contributed by atoms with Gasteiger partial charge in [-0.25, -0.2) is 8.42 Å². The number of carbonyl (C=O) groups excluding carboxylic acids is 2. The fourth-order valence-electron chi connectivity index (χ4n) is 2.99. The normalized spacial score (nSPS) is 19.1. The van der Waals surface area contributed by atoms with Crippen LogP contribution in [0.1, 0.15) is 62.2 Å². The highest BCUT2D eigenvalue weighted by molar-refractivity contribution is 7.91. The molecule has 2 rings (SSSR count). The van der Waals surface area contributed by atoms with Gasteiger partial charge < -0.3 is 10.2 Å². The first-order chi connectivity index (χ1) is 12.4. The summed E-state index contributed by atoms with van der Waals surface area (Å²) in [5.74, 6) is -0.0542. The summed E-state index contributed by atoms with van der Waals surface area (Å²) in [6.07, 6.45) is 2.26. The molecule has 1 aromatic rings. The molecule has 0 spiro atoms. The van der Waals surface area contributed by atoms with E-state index in [4.69, 9.17) is 0 Å². The Balaban J connectivity index is 2.23. The molecule has 152 valence electrons. The number of hydrogen-bond donors (Lipinski definition) is 1. The monoisotopic (exact) mass is 414 g/mol. The van der Waals surface area contributed by atoms with E-state index < -0.39 is 15.3 Å². The molecule has 1 fully saturated rings. The van der Waals surface area contributed by atoms with Gasteiger partial charge in [-0.05, 0) is 31.4 Å². The third kappa shape index (κ3) is 5.54. The van der Waals surface area contributed by atoms with Crippen LogP contribution in [0.5, 0.6) is 0 Å². The van der Waals surface area contributed by atoms with E-state index >= 15 is 0 Å². The zero-order valence-corrected chi connectivity index (χ0v) is 18.4. The van der Waals surface area contributed by atoms with E-state index in [0.717, 1.165) is 18.4 Å². The molecule has 27 heavy (non-hydrogen) atoms. The van der Waals surface area contributed by atoms with Crippen LogP contribution in [-0.2, 0) is 14.6 Å². The van der Waals surface area contributed by atoms with Crippen molar-refractivity contribution in [1.29, 1.82) is 0 Å². The number of nitrogens with zero attached hydrogens (tertiary/aromatic N) is 1. The summed E-state index contributed by atoms with van der Waals surface area (Å²) in [7, 11) is -3.07. The van der Waals surface area contributed by atoms with Gasteiger partial charge in [0.05, 0.1) is 21.4 Å². The lowest BCUT2D eigenvalue weighted by molar-refractivity contribution is -0.123. The summed E-state index contributed by atoms with van der Waals surface area (Å²) in [6, 6.07) is 1.55. The number of sulfone groups is 1. The lowest BCUT2D eigenvalue weighted by Gasteiger charge is -2.28. The number of thiophene rings is 1. The van der Waals surface area contributed by atoms with Gasteiger partial charge in [0.25, 0.3) is 5.91 Å². The van der Waals surface area contributed by atoms with E-state index in [9.17, 15) is 18.0 Å². The molecule has 1 aromatic heterocycles. The molecule has 2 heterocycles. The molecule has 0 radical (unpaired) electrons. The lowest BCUT2D eigenvalue weighted by atomic mass is 9.96. The molecule has 1 atom stereocenters. The van der Waals surface area contributed by atoms with Crippen molar-refractivity contribution in [3.8, 4) is 0 Å². The van der Waals surface area contributed by atoms with E-state index in [-0.39, 0.29) is 29.4 Å². The Bertz CT molecular complexity index is 806. The Kier molecular flexibility index (Phi) is 6.73. The van der Waals surface area contributed by atoms with Gasteiger partial charge in [-0.3, -0.25) is 9.59 Å². The molecule has 0 saturated carbocycles. The largest absolute Gasteiger partial charge is 0.334 e. The maximum absolute atomic E-state index is 13.2. The zero-order valence-electron chi connectivity index (χ0n) is 16.8. The molecule has 1 unspecified atom stereocenters. The first-order valence-electron chi connectivity index (χ1n) is 9.38. The number of hydrogen-bond acceptors (Lipinski definition) is 5. The van der Waals surface area contributed by atoms with Gasteiger partial charge in [0, 0.05) is 18.0 Å². The maximum atomic E-state index is 13.2. The molecular weight excluding hydrogens is 384 g/mol. The van der Waals surface area contributed by atoms with Crippen LogP contribution in [0.15, 0.2) is 6.07 Å². The van der Waals surface area contributed by atoms with Crippen molar-refractivity contribution in [2.75, 3.05) is 23.4 Å². The van der Waals surface area contributed by atoms with Gasteiger partial charge in [0.15, 0.2) is 9.84 Å². The van der Waals surface area contributed by atoms with Crippen molar-refractivity contribution < 1.29 is 18.0 Å². The quantitative estimate of drug-likeness (QED) is 0.772. The summed E-state index contributed by atoms with van der Waals surface area (Å²) in [6.45, 7) is 9.95. The molecular formula is C19H30N2O4S2. The van der Waals surface area contributed by atoms with Crippen molar-refractivity contribution in [2.24, 2.45) is 5.41 Å². The Hall–Kier alpha value is -1.41. The average molecular weight is 415 g/mol. The van der Waals surface area contributed by atoms with E-state index in [1.165, 1.54) is 11.3 Å². The third-order valence-corrected chi connectivity index (χ3v) is 7.58. The van der Waals surface area contributed by atoms with Gasteiger partial charge in [-0.15, -0.1) is 11.3 Å². The second-order valence-corrected chi connectivity index (χ2v) is 11.5. The number of nitrogens with one attached hydrogen (secondary N) is 1. The average Bonchev–Trinajstić information content (AvgIpc) is 3.09. The second-order valence-electron chi connectivity index (χ2n) is 8.24. The van der Waals surface area contributed by atoms with Crippen LogP contribution in [0, 0.1) is 12.3 Å². The molecule has 0 aromatic carbocycles. The van der Waals surface area contributed by atoms with E-state index in [1.807, 2.05) is 40.7 Å². The fraction of sp³-hybridized carbons (Fsp3) is 0.684. The summed E-state index contributed by atoms with van der Waals surface area (Å²) in [5, 5.41) is 3.52. The molecule has 6 nitrogen and oxygen atoms in total. The Morgan fingerprint density at radius 3 is 2.52 bits per heavy atom. The summed E-state index contributed by atoms with van der Waals surface area (Å²) >= 11 is 1.26. The summed E-state index contributed by atoms with van der Waals surface area (Å²) < 4.78 is 23.8. The minimum atomic E-state index is -3.07. The van der Waals surface area contributed by atoms with Crippen LogP contribution in [0.4, 0.5) is 5.00 Å². The number of unbranched alkanes of at least 4 members (excludes halogenated alkanes) is 1. The molecule has 1 N–H and O–H groups in total. The Morgan fingerprint density at radius 1 is 1.33 bits per heavy atom. The SMILES string of the molecule is CCCCN(C(=O)c1sc(NC(=O)C(C)(C)C)cc1C)C1CCS(=O)(=O)C1. The van der Waals surface area contributed by atoms with Gasteiger partial charge >= 0.3 is 0 Å². The van der Waals surface area contributed by atoms with Crippen LogP contribution in [-0.4, -0.2) is 49.2 Å². The Labute approximate surface area is 166 Å². The van der Waals surface area contributed by atoms with Crippen molar-refractivity contribution in [2.45, 2.75) is 59.9 Å². The predicted molar refractivity (Wildman–Crippen MR) is 110 cm³/mol. The molecule has 1 saturated heterocycles. The molecule has 2 amide bonds. The minimum Gasteiger partial charge on any atom is -0.334 e. The standard InChI is InChI=1S/C19H30N2O4S2/c1-6-7-9-21(14-8-10-27(24,25)12-14)17(22)16-13(2)11-15(26-16)20-18(23)19(3,4)5/h11,14H,6-10,12H2,1-5H3,(H,20,23). The van der Waals surface area contributed by atoms with E-state index in [2.05, 4.69) is 5.32 Å². The van der Waals surface area contributed by atoms with Gasteiger partial charge in [-0.2, -0.15) is 0 Å². The number of carbonyl (C=O) groups is 2. The summed E-state index contributed by atoms with van der Waals surface area (Å²) in [5.41, 5.74) is 0.282. The highest BCUT2D eigenvalue weighted by Crippen LogP contribution is 2.31. The van der Waals surface area contributed by atoms with Crippen LogP contribution in [0.3, 0.4) is 0 Å².